The molecule has 0 unspecified atom stereocenters. The summed E-state index contributed by atoms with van der Waals surface area (Å²) in [4.78, 5) is 2.64. The highest BCUT2D eigenvalue weighted by Crippen LogP contribution is 2.29. The normalized spacial score (nSPS) is 16.0. The fourth-order valence-corrected chi connectivity index (χ4v) is 3.23. The van der Waals surface area contributed by atoms with Crippen molar-refractivity contribution in [1.82, 2.24) is 4.90 Å². The number of hydrogen-bond acceptors (Lipinski definition) is 3. The van der Waals surface area contributed by atoms with Crippen LogP contribution >= 0.6 is 0 Å². The van der Waals surface area contributed by atoms with E-state index in [0.717, 1.165) is 29.9 Å². The van der Waals surface area contributed by atoms with E-state index in [1.54, 1.807) is 7.11 Å². The molecule has 0 aliphatic heterocycles. The average molecular weight is 290 g/mol. The van der Waals surface area contributed by atoms with Gasteiger partial charge in [0.15, 0.2) is 0 Å². The Morgan fingerprint density at radius 1 is 1.29 bits per heavy atom. The van der Waals surface area contributed by atoms with Crippen LogP contribution in [0.25, 0.3) is 0 Å². The van der Waals surface area contributed by atoms with Crippen molar-refractivity contribution in [2.24, 2.45) is 5.92 Å². The van der Waals surface area contributed by atoms with Gasteiger partial charge in [0.2, 0.25) is 0 Å². The van der Waals surface area contributed by atoms with Crippen molar-refractivity contribution in [2.75, 3.05) is 19.4 Å². The Morgan fingerprint density at radius 2 is 2.00 bits per heavy atom. The molecule has 1 aromatic rings. The number of nitrogens with two attached hydrogens (primary N) is 1. The van der Waals surface area contributed by atoms with Crippen LogP contribution in [-0.4, -0.2) is 24.6 Å². The zero-order valence-corrected chi connectivity index (χ0v) is 13.8. The van der Waals surface area contributed by atoms with E-state index in [0.29, 0.717) is 0 Å². The number of rotatable bonds is 7. The zero-order valence-electron chi connectivity index (χ0n) is 13.8. The van der Waals surface area contributed by atoms with Crippen LogP contribution in [-0.2, 0) is 6.54 Å². The predicted octanol–water partition coefficient (Wildman–Crippen LogP) is 4.07. The number of nitrogen functional groups attached to an aromatic ring is 1. The maximum absolute atomic E-state index is 5.96. The summed E-state index contributed by atoms with van der Waals surface area (Å²) in [7, 11) is 1.74. The first-order valence-corrected chi connectivity index (χ1v) is 8.26. The summed E-state index contributed by atoms with van der Waals surface area (Å²) < 4.78 is 5.51. The molecular formula is C18H30N2O. The van der Waals surface area contributed by atoms with Crippen LogP contribution in [0.3, 0.4) is 0 Å². The molecule has 2 N–H and O–H groups in total. The van der Waals surface area contributed by atoms with Crippen LogP contribution in [0.2, 0.25) is 0 Å². The topological polar surface area (TPSA) is 38.5 Å². The van der Waals surface area contributed by atoms with Crippen LogP contribution in [0.15, 0.2) is 18.2 Å². The molecule has 1 aliphatic carbocycles. The van der Waals surface area contributed by atoms with Gasteiger partial charge < -0.3 is 10.5 Å². The van der Waals surface area contributed by atoms with E-state index in [4.69, 9.17) is 10.5 Å². The second-order valence-corrected chi connectivity index (χ2v) is 6.66. The van der Waals surface area contributed by atoms with Gasteiger partial charge in [-0.3, -0.25) is 4.90 Å². The molecule has 3 heteroatoms. The fourth-order valence-electron chi connectivity index (χ4n) is 3.23. The molecule has 0 radical (unpaired) electrons. The minimum absolute atomic E-state index is 0.731. The van der Waals surface area contributed by atoms with Gasteiger partial charge in [0, 0.05) is 23.8 Å². The van der Waals surface area contributed by atoms with Gasteiger partial charge in [-0.05, 0) is 49.9 Å². The summed E-state index contributed by atoms with van der Waals surface area (Å²) in [6.07, 6.45) is 6.67. The van der Waals surface area contributed by atoms with Gasteiger partial charge in [-0.15, -0.1) is 0 Å². The molecule has 0 spiro atoms. The molecule has 118 valence electrons. The third kappa shape index (κ3) is 4.63. The van der Waals surface area contributed by atoms with Crippen LogP contribution < -0.4 is 10.5 Å². The largest absolute Gasteiger partial charge is 0.496 e. The third-order valence-corrected chi connectivity index (χ3v) is 4.51. The number of anilines is 1. The first-order chi connectivity index (χ1) is 10.1. The highest BCUT2D eigenvalue weighted by atomic mass is 16.5. The molecule has 0 saturated heterocycles. The molecule has 0 bridgehead atoms. The predicted molar refractivity (Wildman–Crippen MR) is 89.5 cm³/mol. The summed E-state index contributed by atoms with van der Waals surface area (Å²) in [5.41, 5.74) is 8.00. The number of hydrogen-bond donors (Lipinski definition) is 1. The van der Waals surface area contributed by atoms with Crippen LogP contribution in [0.4, 0.5) is 5.69 Å². The van der Waals surface area contributed by atoms with Crippen molar-refractivity contribution in [3.63, 3.8) is 0 Å². The maximum atomic E-state index is 5.96. The van der Waals surface area contributed by atoms with Gasteiger partial charge in [-0.2, -0.15) is 0 Å². The standard InChI is InChI=1S/C18H30N2O/c1-14(2)10-11-20(17-6-4-5-7-17)13-15-12-16(19)8-9-18(15)21-3/h8-9,12,14,17H,4-7,10-11,13,19H2,1-3H3. The fraction of sp³-hybridized carbons (Fsp3) is 0.667. The van der Waals surface area contributed by atoms with E-state index in [9.17, 15) is 0 Å². The van der Waals surface area contributed by atoms with E-state index in [2.05, 4.69) is 24.8 Å². The van der Waals surface area contributed by atoms with Gasteiger partial charge in [0.1, 0.15) is 5.75 Å². The molecular weight excluding hydrogens is 260 g/mol. The smallest absolute Gasteiger partial charge is 0.123 e. The highest BCUT2D eigenvalue weighted by Gasteiger charge is 2.23. The SMILES string of the molecule is COc1ccc(N)cc1CN(CCC(C)C)C1CCCC1. The van der Waals surface area contributed by atoms with Gasteiger partial charge in [-0.25, -0.2) is 0 Å². The lowest BCUT2D eigenvalue weighted by Crippen LogP contribution is -2.34. The summed E-state index contributed by atoms with van der Waals surface area (Å²) in [6.45, 7) is 6.72. The number of ether oxygens (including phenoxy) is 1. The lowest BCUT2D eigenvalue weighted by Gasteiger charge is -2.30. The van der Waals surface area contributed by atoms with E-state index < -0.39 is 0 Å². The van der Waals surface area contributed by atoms with Crippen molar-refractivity contribution in [1.29, 1.82) is 0 Å². The molecule has 1 fully saturated rings. The van der Waals surface area contributed by atoms with Crippen LogP contribution in [0.1, 0.15) is 51.5 Å². The van der Waals surface area contributed by atoms with Crippen molar-refractivity contribution >= 4 is 5.69 Å². The van der Waals surface area contributed by atoms with E-state index in [1.165, 1.54) is 44.2 Å². The maximum Gasteiger partial charge on any atom is 0.123 e. The lowest BCUT2D eigenvalue weighted by atomic mass is 10.1. The molecule has 21 heavy (non-hydrogen) atoms. The molecule has 0 aromatic heterocycles. The van der Waals surface area contributed by atoms with E-state index >= 15 is 0 Å². The van der Waals surface area contributed by atoms with Crippen LogP contribution in [0, 0.1) is 5.92 Å². The second-order valence-electron chi connectivity index (χ2n) is 6.66. The van der Waals surface area contributed by atoms with Crippen molar-refractivity contribution in [3.8, 4) is 5.75 Å². The van der Waals surface area contributed by atoms with Gasteiger partial charge >= 0.3 is 0 Å². The Hall–Kier alpha value is -1.22. The number of nitrogens with zero attached hydrogens (tertiary/aromatic N) is 1. The van der Waals surface area contributed by atoms with Crippen LogP contribution in [0.5, 0.6) is 5.75 Å². The van der Waals surface area contributed by atoms with Crippen molar-refractivity contribution in [3.05, 3.63) is 23.8 Å². The number of benzene rings is 1. The van der Waals surface area contributed by atoms with Gasteiger partial charge in [-0.1, -0.05) is 26.7 Å². The van der Waals surface area contributed by atoms with E-state index in [1.807, 2.05) is 12.1 Å². The molecule has 0 heterocycles. The van der Waals surface area contributed by atoms with Crippen molar-refractivity contribution < 1.29 is 4.74 Å². The molecule has 0 amide bonds. The first-order valence-electron chi connectivity index (χ1n) is 8.26. The molecule has 0 atom stereocenters. The quantitative estimate of drug-likeness (QED) is 0.769. The van der Waals surface area contributed by atoms with E-state index in [-0.39, 0.29) is 0 Å². The molecule has 1 saturated carbocycles. The summed E-state index contributed by atoms with van der Waals surface area (Å²) in [5.74, 6) is 1.70. The Labute approximate surface area is 129 Å². The monoisotopic (exact) mass is 290 g/mol. The third-order valence-electron chi connectivity index (χ3n) is 4.51. The zero-order chi connectivity index (χ0) is 15.2. The summed E-state index contributed by atoms with van der Waals surface area (Å²) in [5, 5.41) is 0. The minimum Gasteiger partial charge on any atom is -0.496 e. The Bertz CT molecular complexity index is 439. The second kappa shape index (κ2) is 7.69. The van der Waals surface area contributed by atoms with Crippen molar-refractivity contribution in [2.45, 2.75) is 58.5 Å². The molecule has 1 aliphatic rings. The summed E-state index contributed by atoms with van der Waals surface area (Å²) in [6, 6.07) is 6.70. The molecule has 3 nitrogen and oxygen atoms in total. The Kier molecular flexibility index (Phi) is 5.92. The number of methoxy groups -OCH3 is 1. The Morgan fingerprint density at radius 3 is 2.62 bits per heavy atom. The molecule has 2 rings (SSSR count). The minimum atomic E-state index is 0.731. The summed E-state index contributed by atoms with van der Waals surface area (Å²) >= 11 is 0. The molecule has 1 aromatic carbocycles. The Balaban J connectivity index is 2.11. The average Bonchev–Trinajstić information content (AvgIpc) is 2.97. The van der Waals surface area contributed by atoms with Gasteiger partial charge in [0.25, 0.3) is 0 Å². The first kappa shape index (κ1) is 16.2. The van der Waals surface area contributed by atoms with Gasteiger partial charge in [0.05, 0.1) is 7.11 Å². The lowest BCUT2D eigenvalue weighted by molar-refractivity contribution is 0.177. The highest BCUT2D eigenvalue weighted by molar-refractivity contribution is 5.47.